The first-order chi connectivity index (χ1) is 9.56. The van der Waals surface area contributed by atoms with E-state index < -0.39 is 11.9 Å². The summed E-state index contributed by atoms with van der Waals surface area (Å²) in [5, 5.41) is 2.57. The fourth-order valence-electron chi connectivity index (χ4n) is 2.71. The molecule has 0 spiro atoms. The summed E-state index contributed by atoms with van der Waals surface area (Å²) < 4.78 is 14.3. The van der Waals surface area contributed by atoms with Gasteiger partial charge in [-0.25, -0.2) is 4.39 Å². The van der Waals surface area contributed by atoms with Crippen LogP contribution in [0.4, 0.5) is 10.1 Å². The first-order valence-corrected chi connectivity index (χ1v) is 7.87. The lowest BCUT2D eigenvalue weighted by molar-refractivity contribution is -0.117. The highest BCUT2D eigenvalue weighted by Crippen LogP contribution is 2.27. The minimum absolute atomic E-state index is 0.178. The summed E-state index contributed by atoms with van der Waals surface area (Å²) in [4.78, 5) is 12.0. The fourth-order valence-corrected chi connectivity index (χ4v) is 3.04. The fraction of sp³-hybridized carbons (Fsp3) is 0.533. The van der Waals surface area contributed by atoms with Gasteiger partial charge in [-0.3, -0.25) is 4.79 Å². The molecule has 1 fully saturated rings. The van der Waals surface area contributed by atoms with E-state index in [9.17, 15) is 9.18 Å². The minimum Gasteiger partial charge on any atom is -0.322 e. The van der Waals surface area contributed by atoms with Crippen LogP contribution in [0.1, 0.15) is 38.5 Å². The normalized spacial score (nSPS) is 17.8. The Morgan fingerprint density at radius 3 is 2.75 bits per heavy atom. The van der Waals surface area contributed by atoms with Crippen LogP contribution in [-0.2, 0) is 4.79 Å². The maximum atomic E-state index is 13.6. The third-order valence-corrected chi connectivity index (χ3v) is 4.33. The van der Waals surface area contributed by atoms with Crippen LogP contribution in [0.15, 0.2) is 22.7 Å². The van der Waals surface area contributed by atoms with Crippen LogP contribution in [0, 0.1) is 11.7 Å². The number of hydrogen-bond donors (Lipinski definition) is 2. The van der Waals surface area contributed by atoms with Crippen LogP contribution in [0.5, 0.6) is 0 Å². The topological polar surface area (TPSA) is 55.1 Å². The predicted molar refractivity (Wildman–Crippen MR) is 81.9 cm³/mol. The molecule has 2 rings (SSSR count). The number of hydrogen-bond acceptors (Lipinski definition) is 2. The number of nitrogens with two attached hydrogens (primary N) is 1. The smallest absolute Gasteiger partial charge is 0.241 e. The van der Waals surface area contributed by atoms with Gasteiger partial charge in [0.25, 0.3) is 0 Å². The number of carbonyl (C=O) groups excluding carboxylic acids is 1. The lowest BCUT2D eigenvalue weighted by atomic mass is 9.85. The highest BCUT2D eigenvalue weighted by molar-refractivity contribution is 9.10. The monoisotopic (exact) mass is 342 g/mol. The van der Waals surface area contributed by atoms with E-state index in [0.717, 1.165) is 12.8 Å². The van der Waals surface area contributed by atoms with Crippen molar-refractivity contribution in [1.29, 1.82) is 0 Å². The van der Waals surface area contributed by atoms with E-state index in [1.54, 1.807) is 6.07 Å². The van der Waals surface area contributed by atoms with E-state index in [1.807, 2.05) is 0 Å². The molecule has 0 radical (unpaired) electrons. The van der Waals surface area contributed by atoms with Crippen molar-refractivity contribution >= 4 is 27.5 Å². The molecule has 0 aliphatic heterocycles. The van der Waals surface area contributed by atoms with Gasteiger partial charge in [0.05, 0.1) is 11.7 Å². The van der Waals surface area contributed by atoms with Crippen LogP contribution in [-0.4, -0.2) is 11.9 Å². The van der Waals surface area contributed by atoms with Gasteiger partial charge in [-0.2, -0.15) is 0 Å². The van der Waals surface area contributed by atoms with E-state index in [-0.39, 0.29) is 11.6 Å². The molecule has 0 bridgehead atoms. The van der Waals surface area contributed by atoms with Gasteiger partial charge < -0.3 is 11.1 Å². The lowest BCUT2D eigenvalue weighted by Crippen LogP contribution is -2.37. The summed E-state index contributed by atoms with van der Waals surface area (Å²) in [6, 6.07) is 3.97. The molecule has 1 aromatic carbocycles. The number of anilines is 1. The number of halogens is 2. The Labute approximate surface area is 127 Å². The molecule has 0 aromatic heterocycles. The van der Waals surface area contributed by atoms with E-state index >= 15 is 0 Å². The van der Waals surface area contributed by atoms with Crippen molar-refractivity contribution in [2.45, 2.75) is 44.6 Å². The lowest BCUT2D eigenvalue weighted by Gasteiger charge is -2.24. The third-order valence-electron chi connectivity index (χ3n) is 3.84. The Bertz CT molecular complexity index is 475. The molecule has 1 aliphatic rings. The first-order valence-electron chi connectivity index (χ1n) is 7.08. The Morgan fingerprint density at radius 2 is 2.10 bits per heavy atom. The second-order valence-corrected chi connectivity index (χ2v) is 6.38. The van der Waals surface area contributed by atoms with E-state index in [0.29, 0.717) is 16.8 Å². The Morgan fingerprint density at radius 1 is 1.40 bits per heavy atom. The number of carbonyl (C=O) groups is 1. The number of benzene rings is 1. The second kappa shape index (κ2) is 7.18. The van der Waals surface area contributed by atoms with Crippen LogP contribution in [0.2, 0.25) is 0 Å². The van der Waals surface area contributed by atoms with Crippen molar-refractivity contribution in [3.05, 3.63) is 28.5 Å². The average molecular weight is 343 g/mol. The molecule has 20 heavy (non-hydrogen) atoms. The van der Waals surface area contributed by atoms with Gasteiger partial charge in [-0.05, 0) is 30.5 Å². The number of amides is 1. The molecule has 1 aromatic rings. The first kappa shape index (κ1) is 15.4. The van der Waals surface area contributed by atoms with Crippen molar-refractivity contribution in [1.82, 2.24) is 0 Å². The SMILES string of the molecule is NC(CC1CCCCC1)C(=O)Nc1ccc(Br)cc1F. The molecular formula is C15H20BrFN2O. The van der Waals surface area contributed by atoms with Crippen molar-refractivity contribution in [2.24, 2.45) is 11.7 Å². The second-order valence-electron chi connectivity index (χ2n) is 5.46. The molecule has 110 valence electrons. The standard InChI is InChI=1S/C15H20BrFN2O/c16-11-6-7-14(12(17)9-11)19-15(20)13(18)8-10-4-2-1-3-5-10/h6-7,9-10,13H,1-5,8,18H2,(H,19,20). The van der Waals surface area contributed by atoms with Gasteiger partial charge in [-0.1, -0.05) is 48.0 Å². The van der Waals surface area contributed by atoms with Crippen LogP contribution >= 0.6 is 15.9 Å². The molecule has 3 N–H and O–H groups in total. The molecular weight excluding hydrogens is 323 g/mol. The highest BCUT2D eigenvalue weighted by atomic mass is 79.9. The van der Waals surface area contributed by atoms with Crippen molar-refractivity contribution < 1.29 is 9.18 Å². The Balaban J connectivity index is 1.89. The molecule has 1 saturated carbocycles. The zero-order chi connectivity index (χ0) is 14.5. The summed E-state index contributed by atoms with van der Waals surface area (Å²) in [6.07, 6.45) is 6.70. The summed E-state index contributed by atoms with van der Waals surface area (Å²) in [7, 11) is 0. The Hall–Kier alpha value is -0.940. The van der Waals surface area contributed by atoms with Gasteiger partial charge in [0, 0.05) is 4.47 Å². The molecule has 1 amide bonds. The summed E-state index contributed by atoms with van der Waals surface area (Å²) in [6.45, 7) is 0. The van der Waals surface area contributed by atoms with Crippen LogP contribution in [0.3, 0.4) is 0 Å². The van der Waals surface area contributed by atoms with Crippen molar-refractivity contribution in [3.63, 3.8) is 0 Å². The minimum atomic E-state index is -0.568. The summed E-state index contributed by atoms with van der Waals surface area (Å²) in [5.41, 5.74) is 6.11. The average Bonchev–Trinajstić information content (AvgIpc) is 2.43. The van der Waals surface area contributed by atoms with E-state index in [1.165, 1.54) is 31.4 Å². The number of nitrogens with one attached hydrogen (secondary N) is 1. The maximum Gasteiger partial charge on any atom is 0.241 e. The molecule has 5 heteroatoms. The molecule has 1 unspecified atom stereocenters. The van der Waals surface area contributed by atoms with Crippen LogP contribution in [0.25, 0.3) is 0 Å². The van der Waals surface area contributed by atoms with E-state index in [2.05, 4.69) is 21.2 Å². The van der Waals surface area contributed by atoms with Crippen LogP contribution < -0.4 is 11.1 Å². The zero-order valence-corrected chi connectivity index (χ0v) is 13.0. The van der Waals surface area contributed by atoms with Crippen molar-refractivity contribution in [3.8, 4) is 0 Å². The summed E-state index contributed by atoms with van der Waals surface area (Å²) >= 11 is 3.18. The molecule has 1 aliphatic carbocycles. The predicted octanol–water partition coefficient (Wildman–Crippen LogP) is 3.82. The highest BCUT2D eigenvalue weighted by Gasteiger charge is 2.21. The van der Waals surface area contributed by atoms with Gasteiger partial charge in [-0.15, -0.1) is 0 Å². The van der Waals surface area contributed by atoms with Gasteiger partial charge in [0.2, 0.25) is 5.91 Å². The molecule has 3 nitrogen and oxygen atoms in total. The largest absolute Gasteiger partial charge is 0.322 e. The molecule has 0 saturated heterocycles. The quantitative estimate of drug-likeness (QED) is 0.873. The molecule has 0 heterocycles. The van der Waals surface area contributed by atoms with E-state index in [4.69, 9.17) is 5.73 Å². The zero-order valence-electron chi connectivity index (χ0n) is 11.4. The third kappa shape index (κ3) is 4.28. The van der Waals surface area contributed by atoms with Gasteiger partial charge >= 0.3 is 0 Å². The van der Waals surface area contributed by atoms with Gasteiger partial charge in [0.15, 0.2) is 0 Å². The Kier molecular flexibility index (Phi) is 5.54. The van der Waals surface area contributed by atoms with Crippen molar-refractivity contribution in [2.75, 3.05) is 5.32 Å². The summed E-state index contributed by atoms with van der Waals surface area (Å²) in [5.74, 6) is -0.242. The maximum absolute atomic E-state index is 13.6. The molecule has 1 atom stereocenters. The number of rotatable bonds is 4. The van der Waals surface area contributed by atoms with Gasteiger partial charge in [0.1, 0.15) is 5.82 Å².